The number of hydrogen-bond acceptors (Lipinski definition) is 5. The Kier molecular flexibility index (Phi) is 7.46. The quantitative estimate of drug-likeness (QED) is 0.415. The summed E-state index contributed by atoms with van der Waals surface area (Å²) in [6.07, 6.45) is 1.57. The second-order valence-electron chi connectivity index (χ2n) is 8.53. The van der Waals surface area contributed by atoms with Crippen molar-refractivity contribution in [3.8, 4) is 17.6 Å². The van der Waals surface area contributed by atoms with Crippen LogP contribution in [0.2, 0.25) is 0 Å². The van der Waals surface area contributed by atoms with Gasteiger partial charge in [-0.25, -0.2) is 4.39 Å². The zero-order valence-electron chi connectivity index (χ0n) is 19.5. The van der Waals surface area contributed by atoms with Crippen LogP contribution in [0, 0.1) is 17.1 Å². The molecule has 4 rings (SSSR count). The Morgan fingerprint density at radius 2 is 1.91 bits per heavy atom. The molecule has 1 aliphatic rings. The van der Waals surface area contributed by atoms with Crippen molar-refractivity contribution in [2.75, 3.05) is 20.3 Å². The van der Waals surface area contributed by atoms with Crippen LogP contribution < -0.4 is 14.8 Å². The molecule has 3 aromatic carbocycles. The van der Waals surface area contributed by atoms with Gasteiger partial charge in [-0.15, -0.1) is 0 Å². The summed E-state index contributed by atoms with van der Waals surface area (Å²) < 4.78 is 31.1. The second kappa shape index (κ2) is 10.7. The number of methoxy groups -OCH3 is 1. The third-order valence-corrected chi connectivity index (χ3v) is 6.29. The zero-order valence-corrected chi connectivity index (χ0v) is 19.5. The molecular weight excluding hydrogens is 431 g/mol. The Morgan fingerprint density at radius 3 is 2.68 bits per heavy atom. The van der Waals surface area contributed by atoms with Crippen molar-refractivity contribution in [2.24, 2.45) is 0 Å². The smallest absolute Gasteiger partial charge is 0.123 e. The molecule has 34 heavy (non-hydrogen) atoms. The van der Waals surface area contributed by atoms with Gasteiger partial charge in [0.15, 0.2) is 0 Å². The summed E-state index contributed by atoms with van der Waals surface area (Å²) >= 11 is 0. The molecule has 0 aromatic heterocycles. The van der Waals surface area contributed by atoms with Gasteiger partial charge in [0, 0.05) is 18.7 Å². The number of rotatable bonds is 10. The number of halogens is 1. The minimum absolute atomic E-state index is 0.220. The van der Waals surface area contributed by atoms with Crippen molar-refractivity contribution in [3.05, 3.63) is 94.8 Å². The van der Waals surface area contributed by atoms with Crippen LogP contribution in [0.25, 0.3) is 0 Å². The molecule has 0 saturated heterocycles. The minimum atomic E-state index is -0.663. The van der Waals surface area contributed by atoms with E-state index in [4.69, 9.17) is 14.2 Å². The fraction of sp³-hybridized carbons (Fsp3) is 0.321. The second-order valence-corrected chi connectivity index (χ2v) is 8.53. The highest BCUT2D eigenvalue weighted by molar-refractivity contribution is 5.48. The van der Waals surface area contributed by atoms with Crippen molar-refractivity contribution in [3.63, 3.8) is 0 Å². The number of nitriles is 1. The van der Waals surface area contributed by atoms with Crippen molar-refractivity contribution >= 4 is 0 Å². The lowest BCUT2D eigenvalue weighted by Crippen LogP contribution is -2.34. The van der Waals surface area contributed by atoms with Crippen LogP contribution in [0.1, 0.15) is 42.0 Å². The van der Waals surface area contributed by atoms with Gasteiger partial charge >= 0.3 is 0 Å². The number of ether oxygens (including phenoxy) is 3. The Hall–Kier alpha value is -3.40. The van der Waals surface area contributed by atoms with E-state index in [1.807, 2.05) is 42.5 Å². The predicted octanol–water partition coefficient (Wildman–Crippen LogP) is 5.32. The molecule has 3 aromatic rings. The van der Waals surface area contributed by atoms with E-state index in [1.54, 1.807) is 19.2 Å². The van der Waals surface area contributed by atoms with Gasteiger partial charge in [-0.05, 0) is 72.9 Å². The highest BCUT2D eigenvalue weighted by Crippen LogP contribution is 2.45. The standard InChI is InChI=1S/C28H29FN2O3/c1-20(31-14-15-33-26-5-3-4-25(17-26)32-2)12-13-28(23-7-9-24(29)10-8-23)27-11-6-21(18-30)16-22(27)19-34-28/h3-11,16-17,20,31H,12-15,19H2,1-2H3. The molecule has 0 spiro atoms. The Bertz CT molecular complexity index is 1160. The molecular formula is C28H29FN2O3. The largest absolute Gasteiger partial charge is 0.497 e. The van der Waals surface area contributed by atoms with Gasteiger partial charge in [0.25, 0.3) is 0 Å². The fourth-order valence-electron chi connectivity index (χ4n) is 4.45. The highest BCUT2D eigenvalue weighted by atomic mass is 19.1. The van der Waals surface area contributed by atoms with E-state index >= 15 is 0 Å². The number of nitrogens with zero attached hydrogens (tertiary/aromatic N) is 1. The molecule has 6 heteroatoms. The number of benzene rings is 3. The number of nitrogens with one attached hydrogen (secondary N) is 1. The van der Waals surface area contributed by atoms with Gasteiger partial charge < -0.3 is 19.5 Å². The van der Waals surface area contributed by atoms with E-state index in [1.165, 1.54) is 12.1 Å². The van der Waals surface area contributed by atoms with E-state index in [9.17, 15) is 9.65 Å². The molecule has 0 bridgehead atoms. The first kappa shape index (κ1) is 23.7. The van der Waals surface area contributed by atoms with Crippen LogP contribution in [0.4, 0.5) is 4.39 Å². The van der Waals surface area contributed by atoms with E-state index < -0.39 is 5.60 Å². The van der Waals surface area contributed by atoms with E-state index in [2.05, 4.69) is 18.3 Å². The summed E-state index contributed by atoms with van der Waals surface area (Å²) in [5.41, 5.74) is 2.93. The van der Waals surface area contributed by atoms with Gasteiger partial charge in [-0.1, -0.05) is 24.3 Å². The molecule has 0 fully saturated rings. The van der Waals surface area contributed by atoms with Crippen LogP contribution in [-0.4, -0.2) is 26.3 Å². The van der Waals surface area contributed by atoms with E-state index in [0.29, 0.717) is 25.3 Å². The molecule has 176 valence electrons. The third kappa shape index (κ3) is 5.22. The molecule has 2 atom stereocenters. The van der Waals surface area contributed by atoms with Crippen LogP contribution in [0.15, 0.2) is 66.7 Å². The maximum absolute atomic E-state index is 13.6. The lowest BCUT2D eigenvalue weighted by molar-refractivity contribution is -0.0145. The lowest BCUT2D eigenvalue weighted by Gasteiger charge is -2.32. The van der Waals surface area contributed by atoms with Gasteiger partial charge in [-0.2, -0.15) is 5.26 Å². The van der Waals surface area contributed by atoms with Crippen molar-refractivity contribution in [2.45, 2.75) is 38.0 Å². The summed E-state index contributed by atoms with van der Waals surface area (Å²) in [6, 6.07) is 22.2. The SMILES string of the molecule is COc1cccc(OCCNC(C)CCC2(c3ccc(F)cc3)OCc3cc(C#N)ccc32)c1. The number of fused-ring (bicyclic) bond motifs is 1. The Morgan fingerprint density at radius 1 is 1.12 bits per heavy atom. The first-order valence-corrected chi connectivity index (χ1v) is 11.5. The minimum Gasteiger partial charge on any atom is -0.497 e. The average molecular weight is 461 g/mol. The molecule has 0 radical (unpaired) electrons. The van der Waals surface area contributed by atoms with Crippen LogP contribution in [-0.2, 0) is 16.9 Å². The van der Waals surface area contributed by atoms with Crippen LogP contribution in [0.3, 0.4) is 0 Å². The normalized spacial score (nSPS) is 17.6. The van der Waals surface area contributed by atoms with Crippen molar-refractivity contribution in [1.29, 1.82) is 5.26 Å². The first-order chi connectivity index (χ1) is 16.5. The molecule has 1 heterocycles. The molecule has 1 N–H and O–H groups in total. The lowest BCUT2D eigenvalue weighted by atomic mass is 9.81. The van der Waals surface area contributed by atoms with Crippen molar-refractivity contribution < 1.29 is 18.6 Å². The predicted molar refractivity (Wildman–Crippen MR) is 128 cm³/mol. The Balaban J connectivity index is 1.40. The Labute approximate surface area is 200 Å². The highest BCUT2D eigenvalue weighted by Gasteiger charge is 2.41. The first-order valence-electron chi connectivity index (χ1n) is 11.5. The average Bonchev–Trinajstić information content (AvgIpc) is 3.24. The van der Waals surface area contributed by atoms with E-state index in [0.717, 1.165) is 41.0 Å². The third-order valence-electron chi connectivity index (χ3n) is 6.29. The van der Waals surface area contributed by atoms with Gasteiger partial charge in [0.2, 0.25) is 0 Å². The molecule has 2 unspecified atom stereocenters. The van der Waals surface area contributed by atoms with Crippen LogP contribution in [0.5, 0.6) is 11.5 Å². The maximum Gasteiger partial charge on any atom is 0.123 e. The monoisotopic (exact) mass is 460 g/mol. The summed E-state index contributed by atoms with van der Waals surface area (Å²) in [7, 11) is 1.63. The molecule has 0 saturated carbocycles. The number of hydrogen-bond donors (Lipinski definition) is 1. The molecule has 1 aliphatic heterocycles. The van der Waals surface area contributed by atoms with Crippen LogP contribution >= 0.6 is 0 Å². The topological polar surface area (TPSA) is 63.5 Å². The van der Waals surface area contributed by atoms with Gasteiger partial charge in [0.1, 0.15) is 29.5 Å². The van der Waals surface area contributed by atoms with Gasteiger partial charge in [0.05, 0.1) is 25.3 Å². The maximum atomic E-state index is 13.6. The molecule has 5 nitrogen and oxygen atoms in total. The summed E-state index contributed by atoms with van der Waals surface area (Å²) in [4.78, 5) is 0. The molecule has 0 aliphatic carbocycles. The van der Waals surface area contributed by atoms with Gasteiger partial charge in [-0.3, -0.25) is 0 Å². The zero-order chi connectivity index (χ0) is 24.0. The molecule has 0 amide bonds. The van der Waals surface area contributed by atoms with Crippen molar-refractivity contribution in [1.82, 2.24) is 5.32 Å². The van der Waals surface area contributed by atoms with E-state index in [-0.39, 0.29) is 11.9 Å². The summed E-state index contributed by atoms with van der Waals surface area (Å²) in [5.74, 6) is 1.27. The fourth-order valence-corrected chi connectivity index (χ4v) is 4.45. The summed E-state index contributed by atoms with van der Waals surface area (Å²) in [6.45, 7) is 3.80. The summed E-state index contributed by atoms with van der Waals surface area (Å²) in [5, 5.41) is 12.8.